The maximum Gasteiger partial charge on any atom is -0.0204 e. The minimum atomic E-state index is -1.67. The Morgan fingerprint density at radius 2 is 0.825 bits per heavy atom. The van der Waals surface area contributed by atoms with E-state index in [1.807, 2.05) is 6.07 Å². The van der Waals surface area contributed by atoms with Crippen molar-refractivity contribution in [2.24, 2.45) is 11.8 Å². The van der Waals surface area contributed by atoms with Gasteiger partial charge in [-0.25, -0.2) is 0 Å². The topological polar surface area (TPSA) is 0 Å². The fraction of sp³-hybridized carbons (Fsp3) is 0.788. The van der Waals surface area contributed by atoms with Crippen molar-refractivity contribution in [3.63, 3.8) is 0 Å². The van der Waals surface area contributed by atoms with Crippen molar-refractivity contribution in [3.05, 3.63) is 53.6 Å². The van der Waals surface area contributed by atoms with Crippen molar-refractivity contribution < 1.29 is 13.5 Å². The summed E-state index contributed by atoms with van der Waals surface area (Å²) in [4.78, 5) is 0. The minimum absolute atomic E-state index is 0.385. The van der Waals surface area contributed by atoms with Crippen LogP contribution >= 0.6 is 35.2 Å². The third-order valence-corrected chi connectivity index (χ3v) is 25.8. The third-order valence-electron chi connectivity index (χ3n) is 15.5. The summed E-state index contributed by atoms with van der Waals surface area (Å²) in [6, 6.07) is 10.4. The van der Waals surface area contributed by atoms with Gasteiger partial charge in [0.1, 0.15) is 0 Å². The van der Waals surface area contributed by atoms with E-state index in [-0.39, 0.29) is 0 Å². The molecule has 8 rings (SSSR count). The normalized spacial score (nSPS) is 27.9. The molecule has 0 radical (unpaired) electrons. The van der Waals surface area contributed by atoms with Gasteiger partial charge in [-0.3, -0.25) is 0 Å². The summed E-state index contributed by atoms with van der Waals surface area (Å²) >= 11 is -1.67. The number of halogens is 2. The second-order valence-corrected chi connectivity index (χ2v) is 31.4. The molecule has 2 unspecified atom stereocenters. The number of allylic oxidation sites excluding steroid dienone is 3. The summed E-state index contributed by atoms with van der Waals surface area (Å²) in [6.07, 6.45) is 56.3. The zero-order valence-electron chi connectivity index (χ0n) is 36.4. The molecule has 7 saturated carbocycles. The second-order valence-electron chi connectivity index (χ2n) is 19.4. The monoisotopic (exact) mass is 942 g/mol. The van der Waals surface area contributed by atoms with Crippen molar-refractivity contribution in [2.45, 2.75) is 246 Å². The first kappa shape index (κ1) is 47.1. The SMILES string of the molecule is C/C=C1\CC(/C=C/c2ccccc2)CC1[CH]=[Ru]([Cl])[Cl].C1CCC(P(C2CCCCC2)C2CCCCC2)CC1.C1CCC(P(C2CCCCC2)C2CCCCC2)CC1. The summed E-state index contributed by atoms with van der Waals surface area (Å²) in [5, 5.41) is 0. The quantitative estimate of drug-likeness (QED) is 0.131. The van der Waals surface area contributed by atoms with Gasteiger partial charge >= 0.3 is 129 Å². The molecule has 5 heteroatoms. The number of hydrogen-bond donors (Lipinski definition) is 0. The number of rotatable bonds is 9. The van der Waals surface area contributed by atoms with Gasteiger partial charge in [-0.15, -0.1) is 0 Å². The zero-order valence-corrected chi connectivity index (χ0v) is 41.5. The maximum absolute atomic E-state index is 6.01. The molecule has 324 valence electrons. The van der Waals surface area contributed by atoms with E-state index in [1.165, 1.54) is 83.6 Å². The largest absolute Gasteiger partial charge is 0.0971 e. The van der Waals surface area contributed by atoms with Crippen molar-refractivity contribution in [1.29, 1.82) is 0 Å². The molecule has 0 aromatic heterocycles. The summed E-state index contributed by atoms with van der Waals surface area (Å²) in [5.74, 6) is 1.10. The van der Waals surface area contributed by atoms with Crippen LogP contribution in [0.15, 0.2) is 48.1 Å². The van der Waals surface area contributed by atoms with Crippen LogP contribution < -0.4 is 0 Å². The number of benzene rings is 1. The Labute approximate surface area is 368 Å². The van der Waals surface area contributed by atoms with E-state index in [0.717, 1.165) is 12.8 Å². The van der Waals surface area contributed by atoms with E-state index in [0.29, 0.717) is 27.7 Å². The van der Waals surface area contributed by atoms with Crippen LogP contribution in [0.3, 0.4) is 0 Å². The first-order valence-corrected chi connectivity index (χ1v) is 33.4. The Bertz CT molecular complexity index is 1160. The van der Waals surface area contributed by atoms with E-state index < -0.39 is 13.5 Å². The van der Waals surface area contributed by atoms with Crippen LogP contribution in [0.25, 0.3) is 6.08 Å². The zero-order chi connectivity index (χ0) is 39.5. The summed E-state index contributed by atoms with van der Waals surface area (Å²) in [6.45, 7) is 2.11. The number of hydrogen-bond acceptors (Lipinski definition) is 0. The van der Waals surface area contributed by atoms with Gasteiger partial charge in [0.15, 0.2) is 0 Å². The molecule has 2 atom stereocenters. The fourth-order valence-corrected chi connectivity index (χ4v) is 24.4. The van der Waals surface area contributed by atoms with Gasteiger partial charge in [-0.2, -0.15) is 0 Å². The molecule has 0 saturated heterocycles. The predicted octanol–water partition coefficient (Wildman–Crippen LogP) is 18.3. The van der Waals surface area contributed by atoms with Gasteiger partial charge in [-0.05, 0) is 111 Å². The molecule has 0 N–H and O–H groups in total. The molecule has 0 spiro atoms. The molecule has 7 fully saturated rings. The first-order valence-electron chi connectivity index (χ1n) is 24.9. The van der Waals surface area contributed by atoms with Gasteiger partial charge in [0.25, 0.3) is 0 Å². The van der Waals surface area contributed by atoms with Crippen LogP contribution in [0.1, 0.15) is 218 Å². The van der Waals surface area contributed by atoms with Crippen LogP contribution in [-0.4, -0.2) is 38.6 Å². The minimum Gasteiger partial charge on any atom is -0.0971 e. The van der Waals surface area contributed by atoms with Crippen molar-refractivity contribution in [1.82, 2.24) is 0 Å². The van der Waals surface area contributed by atoms with E-state index in [1.54, 1.807) is 154 Å². The molecule has 1 aromatic rings. The van der Waals surface area contributed by atoms with Crippen LogP contribution in [0, 0.1) is 11.8 Å². The molecule has 0 nitrogen and oxygen atoms in total. The van der Waals surface area contributed by atoms with E-state index in [4.69, 9.17) is 19.4 Å². The first-order chi connectivity index (χ1) is 28.1. The van der Waals surface area contributed by atoms with Gasteiger partial charge in [0, 0.05) is 0 Å². The van der Waals surface area contributed by atoms with E-state index in [2.05, 4.69) is 54.0 Å². The van der Waals surface area contributed by atoms with Crippen LogP contribution in [0.4, 0.5) is 0 Å². The second kappa shape index (κ2) is 27.0. The van der Waals surface area contributed by atoms with Crippen molar-refractivity contribution in [3.8, 4) is 0 Å². The van der Waals surface area contributed by atoms with E-state index >= 15 is 0 Å². The molecular weight excluding hydrogens is 858 g/mol. The van der Waals surface area contributed by atoms with Crippen molar-refractivity contribution >= 4 is 45.9 Å². The fourth-order valence-electron chi connectivity index (χ4n) is 12.6. The smallest absolute Gasteiger partial charge is 0.0204 e. The molecule has 0 aliphatic heterocycles. The molecule has 7 aliphatic rings. The molecule has 0 bridgehead atoms. The van der Waals surface area contributed by atoms with Gasteiger partial charge in [0.05, 0.1) is 0 Å². The summed E-state index contributed by atoms with van der Waals surface area (Å²) in [5.41, 5.74) is 9.89. The third kappa shape index (κ3) is 15.7. The molecule has 1 aromatic carbocycles. The Kier molecular flexibility index (Phi) is 22.3. The molecule has 0 heterocycles. The Balaban J connectivity index is 0.000000145. The average Bonchev–Trinajstić information content (AvgIpc) is 3.67. The van der Waals surface area contributed by atoms with Gasteiger partial charge in [-0.1, -0.05) is 131 Å². The van der Waals surface area contributed by atoms with E-state index in [9.17, 15) is 0 Å². The summed E-state index contributed by atoms with van der Waals surface area (Å²) in [7, 11) is 12.8. The molecule has 7 aliphatic carbocycles. The summed E-state index contributed by atoms with van der Waals surface area (Å²) < 4.78 is 2.18. The predicted molar refractivity (Wildman–Crippen MR) is 258 cm³/mol. The Hall–Kier alpha value is 0.633. The Morgan fingerprint density at radius 1 is 0.491 bits per heavy atom. The molecule has 0 amide bonds. The standard InChI is InChI=1S/2C18H33P.C16H18.2ClH.Ru/c2*1-4-10-16(11-5-1)19(17-12-6-2-7-13-17)18-14-8-3-9-15-18;1-3-16-12-15(11-13(16)2)10-9-14-7-5-4-6-8-14;;;/h2*16-18H,1-15H2;2-10,13,15H,11-12H2,1H3;2*1H;/q;;;;;+2/p-2/b;;10-9+,16-3+;;;. The van der Waals surface area contributed by atoms with Crippen molar-refractivity contribution in [2.75, 3.05) is 0 Å². The van der Waals surface area contributed by atoms with Crippen LogP contribution in [0.2, 0.25) is 0 Å². The Morgan fingerprint density at radius 3 is 1.12 bits per heavy atom. The molecule has 57 heavy (non-hydrogen) atoms. The van der Waals surface area contributed by atoms with Crippen LogP contribution in [-0.2, 0) is 13.5 Å². The van der Waals surface area contributed by atoms with Crippen LogP contribution in [0.5, 0.6) is 0 Å². The van der Waals surface area contributed by atoms with Gasteiger partial charge in [0.2, 0.25) is 0 Å². The average molecular weight is 943 g/mol. The molecular formula is C52H84Cl2P2Ru. The maximum atomic E-state index is 6.01. The van der Waals surface area contributed by atoms with Gasteiger partial charge < -0.3 is 0 Å².